The normalized spacial score (nSPS) is 21.9. The van der Waals surface area contributed by atoms with Gasteiger partial charge in [0.05, 0.1) is 12.6 Å². The van der Waals surface area contributed by atoms with Gasteiger partial charge >= 0.3 is 21.1 Å². The van der Waals surface area contributed by atoms with Crippen LogP contribution in [0, 0.1) is 18.0 Å². The molecule has 3 aliphatic rings. The second kappa shape index (κ2) is 9.89. The Kier molecular flexibility index (Phi) is 6.50. The maximum atomic E-state index is 13.7. The van der Waals surface area contributed by atoms with Gasteiger partial charge < -0.3 is 24.6 Å². The van der Waals surface area contributed by atoms with Gasteiger partial charge in [0, 0.05) is 29.6 Å². The summed E-state index contributed by atoms with van der Waals surface area (Å²) < 4.78 is 38.9. The zero-order valence-corrected chi connectivity index (χ0v) is 22.5. The van der Waals surface area contributed by atoms with Crippen LogP contribution in [0.4, 0.5) is 4.79 Å². The number of nitrogens with one attached hydrogen (secondary N) is 1. The van der Waals surface area contributed by atoms with Crippen LogP contribution in [0.5, 0.6) is 5.95 Å². The lowest BCUT2D eigenvalue weighted by Gasteiger charge is -2.28. The number of aromatic nitrogens is 1. The summed E-state index contributed by atoms with van der Waals surface area (Å²) in [6, 6.07) is 8.52. The summed E-state index contributed by atoms with van der Waals surface area (Å²) in [5, 5.41) is 15.1. The van der Waals surface area contributed by atoms with Gasteiger partial charge in [-0.1, -0.05) is 31.0 Å². The van der Waals surface area contributed by atoms with Crippen molar-refractivity contribution in [1.82, 2.24) is 14.5 Å². The number of amides is 2. The molecule has 3 aromatic rings. The lowest BCUT2D eigenvalue weighted by molar-refractivity contribution is -0.646. The molecule has 1 aromatic carbocycles. The number of likely N-dealkylation sites (tertiary alicyclic amines) is 1. The number of sulfonamides is 1. The largest absolute Gasteiger partial charge is 0.618 e. The summed E-state index contributed by atoms with van der Waals surface area (Å²) in [7, 11) is -4.28. The summed E-state index contributed by atoms with van der Waals surface area (Å²) in [6.07, 6.45) is 2.66. The topological polar surface area (TPSA) is 153 Å². The predicted molar refractivity (Wildman–Crippen MR) is 139 cm³/mol. The third kappa shape index (κ3) is 4.58. The van der Waals surface area contributed by atoms with Crippen LogP contribution in [0.25, 0.3) is 11.0 Å². The molecule has 1 saturated carbocycles. The summed E-state index contributed by atoms with van der Waals surface area (Å²) in [4.78, 5) is 41.1. The fraction of sp³-hybridized carbons (Fsp3) is 0.407. The molecule has 3 unspecified atom stereocenters. The SMILES string of the molecule is Cc1c(OC(=O)NC(CC2CC2)C(=O)N2CCC3C2C(=O)CN3S(=O)(=O)c2cccc[n+]2[O-])oc2ccccc12. The van der Waals surface area contributed by atoms with Crippen molar-refractivity contribution in [3.8, 4) is 5.95 Å². The number of fused-ring (bicyclic) bond motifs is 2. The second-order valence-electron chi connectivity index (χ2n) is 10.5. The predicted octanol–water partition coefficient (Wildman–Crippen LogP) is 1.87. The molecule has 210 valence electrons. The van der Waals surface area contributed by atoms with E-state index in [1.807, 2.05) is 12.1 Å². The molecule has 4 heterocycles. The van der Waals surface area contributed by atoms with E-state index < -0.39 is 57.5 Å². The quantitative estimate of drug-likeness (QED) is 0.335. The Bertz CT molecular complexity index is 1620. The number of ether oxygens (including phenoxy) is 1. The van der Waals surface area contributed by atoms with Crippen LogP contribution < -0.4 is 14.8 Å². The first-order valence-corrected chi connectivity index (χ1v) is 14.6. The molecule has 0 bridgehead atoms. The van der Waals surface area contributed by atoms with E-state index in [0.717, 1.165) is 28.7 Å². The van der Waals surface area contributed by atoms with Gasteiger partial charge in [0.15, 0.2) is 12.0 Å². The first-order chi connectivity index (χ1) is 19.1. The highest BCUT2D eigenvalue weighted by Gasteiger charge is 2.55. The molecule has 0 radical (unpaired) electrons. The number of para-hydroxylation sites is 1. The van der Waals surface area contributed by atoms with E-state index in [-0.39, 0.29) is 29.6 Å². The second-order valence-corrected chi connectivity index (χ2v) is 12.3. The molecule has 1 N–H and O–H groups in total. The number of furan rings is 1. The first-order valence-electron chi connectivity index (χ1n) is 13.1. The molecule has 3 fully saturated rings. The number of carbonyl (C=O) groups is 3. The molecule has 40 heavy (non-hydrogen) atoms. The van der Waals surface area contributed by atoms with Crippen molar-refractivity contribution in [2.24, 2.45) is 5.92 Å². The van der Waals surface area contributed by atoms with Crippen LogP contribution >= 0.6 is 0 Å². The number of ketones is 1. The number of hydrogen-bond donors (Lipinski definition) is 1. The molecule has 2 aromatic heterocycles. The summed E-state index contributed by atoms with van der Waals surface area (Å²) >= 11 is 0. The zero-order valence-electron chi connectivity index (χ0n) is 21.7. The number of benzene rings is 1. The maximum absolute atomic E-state index is 13.7. The Morgan fingerprint density at radius 2 is 1.93 bits per heavy atom. The minimum atomic E-state index is -4.28. The van der Waals surface area contributed by atoms with Gasteiger partial charge in [0.1, 0.15) is 17.7 Å². The third-order valence-electron chi connectivity index (χ3n) is 7.86. The third-order valence-corrected chi connectivity index (χ3v) is 9.73. The molecule has 2 amide bonds. The Morgan fingerprint density at radius 1 is 1.18 bits per heavy atom. The number of pyridine rings is 1. The number of carbonyl (C=O) groups excluding carboxylic acids is 3. The van der Waals surface area contributed by atoms with Gasteiger partial charge in [0.25, 0.3) is 5.95 Å². The van der Waals surface area contributed by atoms with Crippen LogP contribution in [-0.2, 0) is 19.6 Å². The monoisotopic (exact) mass is 568 g/mol. The smallest absolute Gasteiger partial charge is 0.415 e. The van der Waals surface area contributed by atoms with E-state index in [2.05, 4.69) is 5.32 Å². The molecule has 1 aliphatic carbocycles. The molecule has 3 atom stereocenters. The van der Waals surface area contributed by atoms with Crippen molar-refractivity contribution in [2.45, 2.75) is 55.8 Å². The van der Waals surface area contributed by atoms with Crippen LogP contribution in [-0.4, -0.2) is 66.6 Å². The van der Waals surface area contributed by atoms with Gasteiger partial charge in [-0.25, -0.2) is 13.2 Å². The number of nitrogens with zero attached hydrogens (tertiary/aromatic N) is 3. The van der Waals surface area contributed by atoms with Crippen LogP contribution in [0.3, 0.4) is 0 Å². The number of aryl methyl sites for hydroxylation is 1. The highest BCUT2D eigenvalue weighted by atomic mass is 32.2. The Balaban J connectivity index is 1.19. The summed E-state index contributed by atoms with van der Waals surface area (Å²) in [5.74, 6) is -0.620. The Morgan fingerprint density at radius 3 is 2.65 bits per heavy atom. The van der Waals surface area contributed by atoms with Crippen LogP contribution in [0.2, 0.25) is 0 Å². The first kappa shape index (κ1) is 26.3. The fourth-order valence-corrected chi connectivity index (χ4v) is 7.34. The summed E-state index contributed by atoms with van der Waals surface area (Å²) in [6.45, 7) is 1.46. The van der Waals surface area contributed by atoms with E-state index in [9.17, 15) is 28.0 Å². The molecule has 2 saturated heterocycles. The summed E-state index contributed by atoms with van der Waals surface area (Å²) in [5.41, 5.74) is 1.21. The highest BCUT2D eigenvalue weighted by molar-refractivity contribution is 7.89. The Hall–Kier alpha value is -3.97. The lowest BCUT2D eigenvalue weighted by Crippen LogP contribution is -2.53. The van der Waals surface area contributed by atoms with Crippen molar-refractivity contribution in [3.63, 3.8) is 0 Å². The average Bonchev–Trinajstić information content (AvgIpc) is 3.40. The number of rotatable bonds is 7. The van der Waals surface area contributed by atoms with E-state index in [0.29, 0.717) is 17.6 Å². The standard InChI is InChI=1S/C27H28N4O8S/c1-16-18-6-2-3-7-22(18)38-26(16)39-27(34)28-19(14-17-9-10-17)25(33)29-13-11-20-24(29)21(32)15-31(20)40(36,37)23-8-4-5-12-30(23)35/h2-8,12,17,19-20,24H,9-11,13-15H2,1H3,(H,28,34). The van der Waals surface area contributed by atoms with Crippen molar-refractivity contribution >= 4 is 38.8 Å². The van der Waals surface area contributed by atoms with E-state index >= 15 is 0 Å². The van der Waals surface area contributed by atoms with Crippen molar-refractivity contribution in [3.05, 3.63) is 59.4 Å². The maximum Gasteiger partial charge on any atom is 0.415 e. The molecular formula is C27H28N4O8S. The number of hydrogen-bond acceptors (Lipinski definition) is 8. The minimum absolute atomic E-state index is 0.0286. The average molecular weight is 569 g/mol. The molecule has 6 rings (SSSR count). The minimum Gasteiger partial charge on any atom is -0.618 e. The van der Waals surface area contributed by atoms with Crippen LogP contribution in [0.15, 0.2) is 58.1 Å². The van der Waals surface area contributed by atoms with Gasteiger partial charge in [-0.3, -0.25) is 9.59 Å². The molecule has 13 heteroatoms. The lowest BCUT2D eigenvalue weighted by atomic mass is 10.1. The van der Waals surface area contributed by atoms with Gasteiger partial charge in [0.2, 0.25) is 5.91 Å². The fourth-order valence-electron chi connectivity index (χ4n) is 5.69. The molecule has 2 aliphatic heterocycles. The number of Topliss-reactive ketones (excluding diaryl/α,β-unsaturated/α-hetero) is 1. The molecule has 0 spiro atoms. The van der Waals surface area contributed by atoms with Crippen molar-refractivity contribution < 1.29 is 36.7 Å². The van der Waals surface area contributed by atoms with Crippen molar-refractivity contribution in [1.29, 1.82) is 0 Å². The molecule has 12 nitrogen and oxygen atoms in total. The highest BCUT2D eigenvalue weighted by Crippen LogP contribution is 2.37. The Labute approximate surface area is 230 Å². The van der Waals surface area contributed by atoms with Gasteiger partial charge in [-0.2, -0.15) is 9.04 Å². The van der Waals surface area contributed by atoms with Gasteiger partial charge in [-0.05, 0) is 37.8 Å². The van der Waals surface area contributed by atoms with E-state index in [1.54, 1.807) is 19.1 Å². The van der Waals surface area contributed by atoms with Gasteiger partial charge in [-0.15, -0.1) is 0 Å². The van der Waals surface area contributed by atoms with Crippen LogP contribution in [0.1, 0.15) is 31.2 Å². The zero-order chi connectivity index (χ0) is 28.2. The van der Waals surface area contributed by atoms with E-state index in [1.165, 1.54) is 23.1 Å². The molecular weight excluding hydrogens is 540 g/mol. The van der Waals surface area contributed by atoms with E-state index in [4.69, 9.17) is 9.15 Å². The van der Waals surface area contributed by atoms with Crippen molar-refractivity contribution in [2.75, 3.05) is 13.1 Å².